The van der Waals surface area contributed by atoms with Gasteiger partial charge in [0.15, 0.2) is 0 Å². The van der Waals surface area contributed by atoms with Gasteiger partial charge in [0.1, 0.15) is 5.75 Å². The molecule has 0 heterocycles. The first-order chi connectivity index (χ1) is 8.70. The van der Waals surface area contributed by atoms with Crippen LogP contribution in [0.2, 0.25) is 5.02 Å². The Bertz CT molecular complexity index is 545. The summed E-state index contributed by atoms with van der Waals surface area (Å²) in [5.74, 6) is 1.73. The molecule has 0 atom stereocenters. The number of rotatable bonds is 4. The molecule has 18 heavy (non-hydrogen) atoms. The molecule has 0 fully saturated rings. The van der Waals surface area contributed by atoms with Crippen molar-refractivity contribution in [2.45, 2.75) is 10.6 Å². The summed E-state index contributed by atoms with van der Waals surface area (Å²) in [5.41, 5.74) is 7.55. The van der Waals surface area contributed by atoms with Gasteiger partial charge in [-0.05, 0) is 29.8 Å². The van der Waals surface area contributed by atoms with E-state index in [1.54, 1.807) is 18.9 Å². The van der Waals surface area contributed by atoms with Gasteiger partial charge in [-0.1, -0.05) is 29.8 Å². The molecule has 0 radical (unpaired) electrons. The topological polar surface area (TPSA) is 35.2 Å². The second kappa shape index (κ2) is 6.03. The summed E-state index contributed by atoms with van der Waals surface area (Å²) >= 11 is 7.61. The normalized spacial score (nSPS) is 10.3. The van der Waals surface area contributed by atoms with E-state index in [0.29, 0.717) is 10.7 Å². The predicted molar refractivity (Wildman–Crippen MR) is 78.4 cm³/mol. The molecule has 4 heteroatoms. The zero-order valence-corrected chi connectivity index (χ0v) is 11.6. The Morgan fingerprint density at radius 2 is 2.00 bits per heavy atom. The Morgan fingerprint density at radius 3 is 2.72 bits per heavy atom. The minimum Gasteiger partial charge on any atom is -0.496 e. The molecule has 0 unspecified atom stereocenters. The zero-order valence-electron chi connectivity index (χ0n) is 10.0. The molecule has 0 aromatic heterocycles. The van der Waals surface area contributed by atoms with Gasteiger partial charge < -0.3 is 10.5 Å². The molecule has 2 aromatic rings. The molecule has 0 amide bonds. The lowest BCUT2D eigenvalue weighted by Gasteiger charge is -2.08. The smallest absolute Gasteiger partial charge is 0.132 e. The third-order valence-electron chi connectivity index (χ3n) is 2.52. The molecule has 2 rings (SSSR count). The van der Waals surface area contributed by atoms with Gasteiger partial charge in [-0.2, -0.15) is 0 Å². The Morgan fingerprint density at radius 1 is 1.22 bits per heavy atom. The van der Waals surface area contributed by atoms with Crippen molar-refractivity contribution in [3.8, 4) is 5.75 Å². The number of anilines is 1. The van der Waals surface area contributed by atoms with Crippen LogP contribution < -0.4 is 10.5 Å². The summed E-state index contributed by atoms with van der Waals surface area (Å²) in [6, 6.07) is 13.7. The van der Waals surface area contributed by atoms with Crippen LogP contribution in [0, 0.1) is 0 Å². The van der Waals surface area contributed by atoms with Crippen molar-refractivity contribution in [1.82, 2.24) is 0 Å². The highest BCUT2D eigenvalue weighted by Crippen LogP contribution is 2.32. The average Bonchev–Trinajstić information content (AvgIpc) is 2.40. The standard InChI is InChI=1S/C14H14ClNOS/c1-17-13-4-2-3-5-14(13)18-9-10-6-7-11(15)12(16)8-10/h2-8H,9,16H2,1H3. The molecule has 0 saturated heterocycles. The lowest BCUT2D eigenvalue weighted by atomic mass is 10.2. The Balaban J connectivity index is 2.09. The first-order valence-electron chi connectivity index (χ1n) is 5.50. The predicted octanol–water partition coefficient (Wildman–Crippen LogP) is 4.22. The molecule has 94 valence electrons. The van der Waals surface area contributed by atoms with Crippen molar-refractivity contribution in [3.63, 3.8) is 0 Å². The summed E-state index contributed by atoms with van der Waals surface area (Å²) in [5, 5.41) is 0.598. The van der Waals surface area contributed by atoms with Crippen molar-refractivity contribution in [1.29, 1.82) is 0 Å². The monoisotopic (exact) mass is 279 g/mol. The van der Waals surface area contributed by atoms with E-state index in [4.69, 9.17) is 22.1 Å². The summed E-state index contributed by atoms with van der Waals surface area (Å²) < 4.78 is 5.31. The number of benzene rings is 2. The van der Waals surface area contributed by atoms with E-state index in [0.717, 1.165) is 22.0 Å². The number of methoxy groups -OCH3 is 1. The van der Waals surface area contributed by atoms with Gasteiger partial charge in [0.25, 0.3) is 0 Å². The summed E-state index contributed by atoms with van der Waals surface area (Å²) in [4.78, 5) is 1.12. The molecule has 2 N–H and O–H groups in total. The van der Waals surface area contributed by atoms with Gasteiger partial charge in [0, 0.05) is 10.6 Å². The summed E-state index contributed by atoms with van der Waals surface area (Å²) in [6.07, 6.45) is 0. The minimum atomic E-state index is 0.598. The van der Waals surface area contributed by atoms with Gasteiger partial charge in [0.2, 0.25) is 0 Å². The maximum absolute atomic E-state index is 5.89. The van der Waals surface area contributed by atoms with Crippen LogP contribution in [0.5, 0.6) is 5.75 Å². The highest BCUT2D eigenvalue weighted by molar-refractivity contribution is 7.98. The maximum Gasteiger partial charge on any atom is 0.132 e. The highest BCUT2D eigenvalue weighted by Gasteiger charge is 2.04. The second-order valence-electron chi connectivity index (χ2n) is 3.80. The highest BCUT2D eigenvalue weighted by atomic mass is 35.5. The fraction of sp³-hybridized carbons (Fsp3) is 0.143. The van der Waals surface area contributed by atoms with E-state index in [2.05, 4.69) is 0 Å². The number of ether oxygens (including phenoxy) is 1. The van der Waals surface area contributed by atoms with Crippen LogP contribution in [-0.2, 0) is 5.75 Å². The number of nitrogens with two attached hydrogens (primary N) is 1. The first-order valence-corrected chi connectivity index (χ1v) is 6.87. The molecule has 0 aliphatic heterocycles. The van der Waals surface area contributed by atoms with Crippen molar-refractivity contribution in [2.75, 3.05) is 12.8 Å². The van der Waals surface area contributed by atoms with Crippen LogP contribution >= 0.6 is 23.4 Å². The van der Waals surface area contributed by atoms with Crippen LogP contribution in [0.1, 0.15) is 5.56 Å². The van der Waals surface area contributed by atoms with Crippen LogP contribution in [0.4, 0.5) is 5.69 Å². The fourth-order valence-electron chi connectivity index (χ4n) is 1.58. The molecule has 2 aromatic carbocycles. The van der Waals surface area contributed by atoms with Crippen LogP contribution in [0.25, 0.3) is 0 Å². The molecule has 2 nitrogen and oxygen atoms in total. The Labute approximate surface area is 116 Å². The SMILES string of the molecule is COc1ccccc1SCc1ccc(Cl)c(N)c1. The Kier molecular flexibility index (Phi) is 4.39. The van der Waals surface area contributed by atoms with Crippen molar-refractivity contribution >= 4 is 29.1 Å². The molecule has 0 spiro atoms. The van der Waals surface area contributed by atoms with Crippen LogP contribution in [0.15, 0.2) is 47.4 Å². The maximum atomic E-state index is 5.89. The van der Waals surface area contributed by atoms with E-state index in [-0.39, 0.29) is 0 Å². The van der Waals surface area contributed by atoms with Gasteiger partial charge in [-0.15, -0.1) is 11.8 Å². The third-order valence-corrected chi connectivity index (χ3v) is 3.99. The van der Waals surface area contributed by atoms with Gasteiger partial charge in [0.05, 0.1) is 17.8 Å². The number of nitrogen functional groups attached to an aromatic ring is 1. The lowest BCUT2D eigenvalue weighted by molar-refractivity contribution is 0.405. The third kappa shape index (κ3) is 3.12. The van der Waals surface area contributed by atoms with E-state index < -0.39 is 0 Å². The lowest BCUT2D eigenvalue weighted by Crippen LogP contribution is -1.90. The van der Waals surface area contributed by atoms with Crippen LogP contribution in [-0.4, -0.2) is 7.11 Å². The first kappa shape index (κ1) is 13.1. The molecule has 0 saturated carbocycles. The average molecular weight is 280 g/mol. The van der Waals surface area contributed by atoms with E-state index in [1.165, 1.54) is 0 Å². The van der Waals surface area contributed by atoms with Crippen molar-refractivity contribution in [3.05, 3.63) is 53.1 Å². The van der Waals surface area contributed by atoms with Crippen LogP contribution in [0.3, 0.4) is 0 Å². The molecule has 0 aliphatic rings. The molecule has 0 bridgehead atoms. The van der Waals surface area contributed by atoms with E-state index in [1.807, 2.05) is 42.5 Å². The van der Waals surface area contributed by atoms with Crippen molar-refractivity contribution < 1.29 is 4.74 Å². The fourth-order valence-corrected chi connectivity index (χ4v) is 2.67. The van der Waals surface area contributed by atoms with Gasteiger partial charge in [-0.25, -0.2) is 0 Å². The summed E-state index contributed by atoms with van der Waals surface area (Å²) in [6.45, 7) is 0. The second-order valence-corrected chi connectivity index (χ2v) is 5.22. The number of halogens is 1. The van der Waals surface area contributed by atoms with Gasteiger partial charge >= 0.3 is 0 Å². The zero-order chi connectivity index (χ0) is 13.0. The molecule has 0 aliphatic carbocycles. The number of para-hydroxylation sites is 1. The van der Waals surface area contributed by atoms with Crippen molar-refractivity contribution in [2.24, 2.45) is 0 Å². The number of hydrogen-bond donors (Lipinski definition) is 1. The van der Waals surface area contributed by atoms with E-state index in [9.17, 15) is 0 Å². The number of thioether (sulfide) groups is 1. The Hall–Kier alpha value is -1.32. The molecular formula is C14H14ClNOS. The van der Waals surface area contributed by atoms with E-state index >= 15 is 0 Å². The van der Waals surface area contributed by atoms with Gasteiger partial charge in [-0.3, -0.25) is 0 Å². The summed E-state index contributed by atoms with van der Waals surface area (Å²) in [7, 11) is 1.68. The minimum absolute atomic E-state index is 0.598. The molecular weight excluding hydrogens is 266 g/mol. The number of hydrogen-bond acceptors (Lipinski definition) is 3. The quantitative estimate of drug-likeness (QED) is 0.672. The largest absolute Gasteiger partial charge is 0.496 e.